The van der Waals surface area contributed by atoms with Crippen LogP contribution in [0, 0.1) is 0 Å². The molecular formula is C14H11BrN2O3. The molecule has 102 valence electrons. The molecule has 1 heterocycles. The van der Waals surface area contributed by atoms with Crippen LogP contribution in [-0.2, 0) is 11.3 Å². The van der Waals surface area contributed by atoms with Gasteiger partial charge in [0.1, 0.15) is 0 Å². The molecule has 0 fully saturated rings. The van der Waals surface area contributed by atoms with E-state index in [1.54, 1.807) is 18.3 Å². The summed E-state index contributed by atoms with van der Waals surface area (Å²) in [5.74, 6) is -1.53. The highest BCUT2D eigenvalue weighted by atomic mass is 79.9. The maximum atomic E-state index is 11.9. The van der Waals surface area contributed by atoms with Crippen molar-refractivity contribution in [2.24, 2.45) is 0 Å². The number of aromatic nitrogens is 1. The molecular weight excluding hydrogens is 324 g/mol. The Morgan fingerprint density at radius 2 is 1.95 bits per heavy atom. The minimum Gasteiger partial charge on any atom is -0.545 e. The van der Waals surface area contributed by atoms with Gasteiger partial charge in [0.2, 0.25) is 6.54 Å². The summed E-state index contributed by atoms with van der Waals surface area (Å²) in [5.41, 5.74) is 0.690. The molecule has 1 aromatic carbocycles. The van der Waals surface area contributed by atoms with Crippen LogP contribution >= 0.6 is 15.9 Å². The number of carboxylic acid groups (broad SMARTS) is 1. The molecule has 5 nitrogen and oxygen atoms in total. The van der Waals surface area contributed by atoms with Crippen LogP contribution in [0.1, 0.15) is 10.4 Å². The van der Waals surface area contributed by atoms with Gasteiger partial charge in [0, 0.05) is 10.5 Å². The molecule has 1 N–H and O–H groups in total. The van der Waals surface area contributed by atoms with Crippen molar-refractivity contribution in [1.29, 1.82) is 0 Å². The number of carboxylic acids is 1. The van der Waals surface area contributed by atoms with E-state index in [1.807, 2.05) is 18.2 Å². The molecule has 0 atom stereocenters. The van der Waals surface area contributed by atoms with Crippen LogP contribution in [0.5, 0.6) is 0 Å². The lowest BCUT2D eigenvalue weighted by Crippen LogP contribution is -2.41. The molecule has 6 heteroatoms. The van der Waals surface area contributed by atoms with Gasteiger partial charge in [-0.15, -0.1) is 0 Å². The molecule has 2 aromatic rings. The van der Waals surface area contributed by atoms with Crippen LogP contribution in [0.25, 0.3) is 0 Å². The van der Waals surface area contributed by atoms with Crippen molar-refractivity contribution in [2.45, 2.75) is 6.54 Å². The zero-order valence-corrected chi connectivity index (χ0v) is 12.0. The Balaban J connectivity index is 2.07. The van der Waals surface area contributed by atoms with E-state index < -0.39 is 5.97 Å². The fraction of sp³-hybridized carbons (Fsp3) is 0.0714. The molecule has 2 rings (SSSR count). The summed E-state index contributed by atoms with van der Waals surface area (Å²) in [5, 5.41) is 13.5. The Kier molecular flexibility index (Phi) is 4.47. The summed E-state index contributed by atoms with van der Waals surface area (Å²) >= 11 is 3.33. The van der Waals surface area contributed by atoms with Crippen molar-refractivity contribution in [2.75, 3.05) is 5.32 Å². The van der Waals surface area contributed by atoms with E-state index in [1.165, 1.54) is 16.8 Å². The number of carbonyl (C=O) groups excluding carboxylic acids is 2. The van der Waals surface area contributed by atoms with Crippen LogP contribution in [-0.4, -0.2) is 11.9 Å². The number of hydrogen-bond donors (Lipinski definition) is 1. The number of anilines is 1. The summed E-state index contributed by atoms with van der Waals surface area (Å²) in [6, 6.07) is 10.2. The lowest BCUT2D eigenvalue weighted by Gasteiger charge is -2.05. The molecule has 0 saturated carbocycles. The van der Waals surface area contributed by atoms with Gasteiger partial charge >= 0.3 is 0 Å². The van der Waals surface area contributed by atoms with Gasteiger partial charge in [-0.1, -0.05) is 12.1 Å². The van der Waals surface area contributed by atoms with Crippen LogP contribution in [0.3, 0.4) is 0 Å². The van der Waals surface area contributed by atoms with E-state index in [4.69, 9.17) is 0 Å². The van der Waals surface area contributed by atoms with E-state index in [-0.39, 0.29) is 18.0 Å². The van der Waals surface area contributed by atoms with E-state index >= 15 is 0 Å². The SMILES string of the molecule is O=C(C[n+]1cccc(C(=O)[O-])c1)Nc1ccccc1Br. The molecule has 0 radical (unpaired) electrons. The Morgan fingerprint density at radius 1 is 1.20 bits per heavy atom. The number of halogens is 1. The highest BCUT2D eigenvalue weighted by Gasteiger charge is 2.11. The molecule has 1 amide bonds. The highest BCUT2D eigenvalue weighted by molar-refractivity contribution is 9.10. The maximum Gasteiger partial charge on any atom is 0.290 e. The van der Waals surface area contributed by atoms with E-state index in [9.17, 15) is 14.7 Å². The number of rotatable bonds is 4. The average molecular weight is 335 g/mol. The van der Waals surface area contributed by atoms with Gasteiger partial charge in [-0.2, -0.15) is 4.57 Å². The number of hydrogen-bond acceptors (Lipinski definition) is 3. The molecule has 0 spiro atoms. The van der Waals surface area contributed by atoms with Gasteiger partial charge < -0.3 is 15.2 Å². The van der Waals surface area contributed by atoms with E-state index in [2.05, 4.69) is 21.2 Å². The van der Waals surface area contributed by atoms with Crippen molar-refractivity contribution in [1.82, 2.24) is 0 Å². The number of pyridine rings is 1. The quantitative estimate of drug-likeness (QED) is 0.838. The third kappa shape index (κ3) is 3.64. The fourth-order valence-electron chi connectivity index (χ4n) is 1.66. The van der Waals surface area contributed by atoms with Crippen molar-refractivity contribution < 1.29 is 19.3 Å². The van der Waals surface area contributed by atoms with Gasteiger partial charge in [0.25, 0.3) is 5.91 Å². The lowest BCUT2D eigenvalue weighted by atomic mass is 10.3. The predicted molar refractivity (Wildman–Crippen MR) is 73.7 cm³/mol. The summed E-state index contributed by atoms with van der Waals surface area (Å²) in [4.78, 5) is 22.6. The fourth-order valence-corrected chi connectivity index (χ4v) is 2.04. The van der Waals surface area contributed by atoms with Gasteiger partial charge in [-0.3, -0.25) is 4.79 Å². The first-order valence-corrected chi connectivity index (χ1v) is 6.60. The molecule has 1 aromatic heterocycles. The first-order chi connectivity index (χ1) is 9.56. The molecule has 0 aliphatic heterocycles. The summed E-state index contributed by atoms with van der Waals surface area (Å²) < 4.78 is 2.26. The minimum atomic E-state index is -1.27. The zero-order valence-electron chi connectivity index (χ0n) is 10.4. The van der Waals surface area contributed by atoms with Crippen LogP contribution in [0.4, 0.5) is 5.69 Å². The van der Waals surface area contributed by atoms with E-state index in [0.717, 1.165) is 4.47 Å². The smallest absolute Gasteiger partial charge is 0.290 e. The van der Waals surface area contributed by atoms with Gasteiger partial charge in [0.05, 0.1) is 17.2 Å². The molecule has 0 saturated heterocycles. The van der Waals surface area contributed by atoms with Gasteiger partial charge in [0.15, 0.2) is 12.4 Å². The topological polar surface area (TPSA) is 73.1 Å². The first kappa shape index (κ1) is 14.2. The number of carbonyl (C=O) groups is 2. The molecule has 20 heavy (non-hydrogen) atoms. The second kappa shape index (κ2) is 6.29. The maximum absolute atomic E-state index is 11.9. The lowest BCUT2D eigenvalue weighted by molar-refractivity contribution is -0.684. The first-order valence-electron chi connectivity index (χ1n) is 5.81. The zero-order chi connectivity index (χ0) is 14.5. The third-order valence-corrected chi connectivity index (χ3v) is 3.26. The summed E-state index contributed by atoms with van der Waals surface area (Å²) in [7, 11) is 0. The molecule has 0 unspecified atom stereocenters. The molecule has 0 aliphatic rings. The monoisotopic (exact) mass is 334 g/mol. The average Bonchev–Trinajstić information content (AvgIpc) is 2.41. The number of aromatic carboxylic acids is 1. The number of amides is 1. The van der Waals surface area contributed by atoms with Crippen molar-refractivity contribution in [3.8, 4) is 0 Å². The van der Waals surface area contributed by atoms with Gasteiger partial charge in [-0.25, -0.2) is 0 Å². The van der Waals surface area contributed by atoms with Crippen LogP contribution < -0.4 is 15.0 Å². The number of nitrogens with zero attached hydrogens (tertiary/aromatic N) is 1. The largest absolute Gasteiger partial charge is 0.545 e. The Hall–Kier alpha value is -2.21. The second-order valence-electron chi connectivity index (χ2n) is 4.08. The Labute approximate surface area is 124 Å². The Bertz CT molecular complexity index is 658. The van der Waals surface area contributed by atoms with Crippen molar-refractivity contribution in [3.05, 3.63) is 58.8 Å². The predicted octanol–water partition coefficient (Wildman–Crippen LogP) is 0.739. The van der Waals surface area contributed by atoms with E-state index in [0.29, 0.717) is 5.69 Å². The highest BCUT2D eigenvalue weighted by Crippen LogP contribution is 2.20. The number of nitrogens with one attached hydrogen (secondary N) is 1. The van der Waals surface area contributed by atoms with Crippen LogP contribution in [0.15, 0.2) is 53.3 Å². The van der Waals surface area contributed by atoms with Crippen LogP contribution in [0.2, 0.25) is 0 Å². The Morgan fingerprint density at radius 3 is 2.65 bits per heavy atom. The van der Waals surface area contributed by atoms with Gasteiger partial charge in [-0.05, 0) is 34.1 Å². The molecule has 0 aliphatic carbocycles. The normalized spacial score (nSPS) is 10.1. The summed E-state index contributed by atoms with van der Waals surface area (Å²) in [6.45, 7) is 0.0163. The third-order valence-electron chi connectivity index (χ3n) is 2.57. The number of para-hydroxylation sites is 1. The minimum absolute atomic E-state index is 0.0163. The standard InChI is InChI=1S/C14H11BrN2O3/c15-11-5-1-2-6-12(11)16-13(18)9-17-7-3-4-10(8-17)14(19)20/h1-8H,9H2,(H-,16,18,19,20). The summed E-state index contributed by atoms with van der Waals surface area (Å²) in [6.07, 6.45) is 2.97. The van der Waals surface area contributed by atoms with Crippen molar-refractivity contribution in [3.63, 3.8) is 0 Å². The second-order valence-corrected chi connectivity index (χ2v) is 4.93. The van der Waals surface area contributed by atoms with Crippen molar-refractivity contribution >= 4 is 33.5 Å². The molecule has 0 bridgehead atoms. The number of benzene rings is 1.